The zero-order valence-electron chi connectivity index (χ0n) is 12.0. The van der Waals surface area contributed by atoms with Gasteiger partial charge in [0.25, 0.3) is 0 Å². The number of anilines is 1. The molecule has 0 bridgehead atoms. The van der Waals surface area contributed by atoms with Gasteiger partial charge in [-0.3, -0.25) is 4.98 Å². The van der Waals surface area contributed by atoms with Gasteiger partial charge in [-0.25, -0.2) is 4.39 Å². The molecule has 3 rings (SSSR count). The second kappa shape index (κ2) is 5.82. The van der Waals surface area contributed by atoms with Crippen molar-refractivity contribution in [3.05, 3.63) is 59.7 Å². The van der Waals surface area contributed by atoms with E-state index in [2.05, 4.69) is 28.1 Å². The smallest absolute Gasteiger partial charge is 0.141 e. The number of nitrogens with zero attached hydrogens (tertiary/aromatic N) is 2. The molecule has 1 N–H and O–H groups in total. The van der Waals surface area contributed by atoms with Gasteiger partial charge in [0.05, 0.1) is 11.9 Å². The number of aromatic nitrogens is 1. The Balaban J connectivity index is 1.69. The van der Waals surface area contributed by atoms with Crippen molar-refractivity contribution in [1.82, 2.24) is 4.98 Å². The number of benzene rings is 1. The molecule has 1 aliphatic rings. The molecular weight excluding hydrogens is 267 g/mol. The molecule has 0 radical (unpaired) electrons. The first-order valence-electron chi connectivity index (χ1n) is 7.27. The van der Waals surface area contributed by atoms with Crippen LogP contribution in [0.3, 0.4) is 0 Å². The van der Waals surface area contributed by atoms with E-state index in [1.807, 2.05) is 13.0 Å². The summed E-state index contributed by atoms with van der Waals surface area (Å²) in [6.45, 7) is 3.74. The molecule has 3 nitrogen and oxygen atoms in total. The summed E-state index contributed by atoms with van der Waals surface area (Å²) >= 11 is 0. The van der Waals surface area contributed by atoms with Crippen molar-refractivity contribution in [3.63, 3.8) is 0 Å². The molecule has 2 unspecified atom stereocenters. The first-order chi connectivity index (χ1) is 10.1. The lowest BCUT2D eigenvalue weighted by molar-refractivity contribution is 0.116. The van der Waals surface area contributed by atoms with Crippen molar-refractivity contribution in [3.8, 4) is 0 Å². The Labute approximate surface area is 124 Å². The average Bonchev–Trinajstić information content (AvgIpc) is 2.91. The predicted molar refractivity (Wildman–Crippen MR) is 80.7 cm³/mol. The van der Waals surface area contributed by atoms with Gasteiger partial charge in [-0.15, -0.1) is 0 Å². The van der Waals surface area contributed by atoms with Gasteiger partial charge >= 0.3 is 0 Å². The van der Waals surface area contributed by atoms with Crippen LogP contribution in [-0.4, -0.2) is 23.2 Å². The lowest BCUT2D eigenvalue weighted by Gasteiger charge is -2.26. The standard InChI is InChI=1S/C17H19FN2O/c1-12(17(21)15-7-6-14(18)10-19-15)11-20-9-8-13-4-2-3-5-16(13)20/h2-7,10,12,17,21H,8-9,11H2,1H3. The Bertz CT molecular complexity index is 614. The van der Waals surface area contributed by atoms with Crippen LogP contribution in [0.1, 0.15) is 24.3 Å². The molecular formula is C17H19FN2O. The fourth-order valence-electron chi connectivity index (χ4n) is 2.90. The number of aliphatic hydroxyl groups excluding tert-OH is 1. The van der Waals surface area contributed by atoms with Crippen molar-refractivity contribution >= 4 is 5.69 Å². The Morgan fingerprint density at radius 1 is 1.29 bits per heavy atom. The largest absolute Gasteiger partial charge is 0.386 e. The molecule has 0 aliphatic carbocycles. The van der Waals surface area contributed by atoms with Crippen molar-refractivity contribution in [2.24, 2.45) is 5.92 Å². The molecule has 1 aromatic heterocycles. The van der Waals surface area contributed by atoms with E-state index < -0.39 is 6.10 Å². The number of aliphatic hydroxyl groups is 1. The summed E-state index contributed by atoms with van der Waals surface area (Å²) in [4.78, 5) is 6.27. The number of hydrogen-bond acceptors (Lipinski definition) is 3. The van der Waals surface area contributed by atoms with Gasteiger partial charge in [0.2, 0.25) is 0 Å². The van der Waals surface area contributed by atoms with Gasteiger partial charge in [0.15, 0.2) is 0 Å². The highest BCUT2D eigenvalue weighted by Gasteiger charge is 2.24. The molecule has 0 spiro atoms. The summed E-state index contributed by atoms with van der Waals surface area (Å²) < 4.78 is 12.9. The van der Waals surface area contributed by atoms with Crippen LogP contribution in [0.5, 0.6) is 0 Å². The van der Waals surface area contributed by atoms with Crippen LogP contribution < -0.4 is 4.90 Å². The summed E-state index contributed by atoms with van der Waals surface area (Å²) in [5.41, 5.74) is 3.14. The topological polar surface area (TPSA) is 36.4 Å². The van der Waals surface area contributed by atoms with E-state index in [1.165, 1.54) is 17.3 Å². The summed E-state index contributed by atoms with van der Waals surface area (Å²) in [5.74, 6) is -0.360. The van der Waals surface area contributed by atoms with Gasteiger partial charge in [-0.1, -0.05) is 25.1 Å². The van der Waals surface area contributed by atoms with Crippen molar-refractivity contribution in [2.45, 2.75) is 19.4 Å². The van der Waals surface area contributed by atoms with E-state index in [1.54, 1.807) is 6.07 Å². The van der Waals surface area contributed by atoms with Crippen molar-refractivity contribution < 1.29 is 9.50 Å². The molecule has 0 fully saturated rings. The number of pyridine rings is 1. The Kier molecular flexibility index (Phi) is 3.88. The van der Waals surface area contributed by atoms with Gasteiger partial charge in [-0.05, 0) is 30.2 Å². The number of hydrogen-bond donors (Lipinski definition) is 1. The maximum Gasteiger partial charge on any atom is 0.141 e. The Hall–Kier alpha value is -1.94. The zero-order valence-corrected chi connectivity index (χ0v) is 12.0. The highest BCUT2D eigenvalue weighted by atomic mass is 19.1. The van der Waals surface area contributed by atoms with Crippen LogP contribution >= 0.6 is 0 Å². The summed E-state index contributed by atoms with van der Waals surface area (Å²) in [6.07, 6.45) is 1.52. The SMILES string of the molecule is CC(CN1CCc2ccccc21)C(O)c1ccc(F)cn1. The molecule has 2 heterocycles. The van der Waals surface area contributed by atoms with E-state index in [9.17, 15) is 9.50 Å². The maximum atomic E-state index is 12.9. The van der Waals surface area contributed by atoms with E-state index in [-0.39, 0.29) is 11.7 Å². The minimum absolute atomic E-state index is 0.0223. The van der Waals surface area contributed by atoms with Crippen LogP contribution in [0, 0.1) is 11.7 Å². The molecule has 0 amide bonds. The normalized spacial score (nSPS) is 16.6. The maximum absolute atomic E-state index is 12.9. The van der Waals surface area contributed by atoms with Crippen LogP contribution in [0.25, 0.3) is 0 Å². The first kappa shape index (κ1) is 14.0. The van der Waals surface area contributed by atoms with Gasteiger partial charge < -0.3 is 10.0 Å². The van der Waals surface area contributed by atoms with Crippen LogP contribution in [0.4, 0.5) is 10.1 Å². The number of rotatable bonds is 4. The van der Waals surface area contributed by atoms with Crippen LogP contribution in [0.2, 0.25) is 0 Å². The fraction of sp³-hybridized carbons (Fsp3) is 0.353. The Morgan fingerprint density at radius 3 is 2.86 bits per heavy atom. The molecule has 1 aliphatic heterocycles. The molecule has 0 saturated carbocycles. The van der Waals surface area contributed by atoms with Gasteiger partial charge in [-0.2, -0.15) is 0 Å². The molecule has 2 aromatic rings. The van der Waals surface area contributed by atoms with E-state index >= 15 is 0 Å². The number of halogens is 1. The second-order valence-corrected chi connectivity index (χ2v) is 5.65. The van der Waals surface area contributed by atoms with Crippen LogP contribution in [-0.2, 0) is 6.42 Å². The summed E-state index contributed by atoms with van der Waals surface area (Å²) in [5, 5.41) is 10.4. The monoisotopic (exact) mass is 286 g/mol. The quantitative estimate of drug-likeness (QED) is 0.938. The second-order valence-electron chi connectivity index (χ2n) is 5.65. The van der Waals surface area contributed by atoms with Gasteiger partial charge in [0.1, 0.15) is 11.9 Å². The zero-order chi connectivity index (χ0) is 14.8. The van der Waals surface area contributed by atoms with E-state index in [0.717, 1.165) is 25.7 Å². The summed E-state index contributed by atoms with van der Waals surface area (Å²) in [7, 11) is 0. The molecule has 4 heteroatoms. The minimum atomic E-state index is -0.682. The van der Waals surface area contributed by atoms with Gasteiger partial charge in [0, 0.05) is 24.7 Å². The van der Waals surface area contributed by atoms with Crippen molar-refractivity contribution in [1.29, 1.82) is 0 Å². The highest BCUT2D eigenvalue weighted by Crippen LogP contribution is 2.30. The summed E-state index contributed by atoms with van der Waals surface area (Å²) in [6, 6.07) is 11.3. The third kappa shape index (κ3) is 2.90. The Morgan fingerprint density at radius 2 is 2.10 bits per heavy atom. The lowest BCUT2D eigenvalue weighted by Crippen LogP contribution is -2.29. The van der Waals surface area contributed by atoms with E-state index in [0.29, 0.717) is 5.69 Å². The molecule has 110 valence electrons. The molecule has 1 aromatic carbocycles. The number of para-hydroxylation sites is 1. The van der Waals surface area contributed by atoms with Crippen molar-refractivity contribution in [2.75, 3.05) is 18.0 Å². The molecule has 21 heavy (non-hydrogen) atoms. The third-order valence-corrected chi connectivity index (χ3v) is 4.08. The lowest BCUT2D eigenvalue weighted by atomic mass is 10.0. The fourth-order valence-corrected chi connectivity index (χ4v) is 2.90. The molecule has 2 atom stereocenters. The average molecular weight is 286 g/mol. The predicted octanol–water partition coefficient (Wildman–Crippen LogP) is 2.95. The number of fused-ring (bicyclic) bond motifs is 1. The minimum Gasteiger partial charge on any atom is -0.386 e. The highest BCUT2D eigenvalue weighted by molar-refractivity contribution is 5.57. The first-order valence-corrected chi connectivity index (χ1v) is 7.27. The third-order valence-electron chi connectivity index (χ3n) is 4.08. The molecule has 0 saturated heterocycles. The van der Waals surface area contributed by atoms with E-state index in [4.69, 9.17) is 0 Å². The van der Waals surface area contributed by atoms with Crippen LogP contribution in [0.15, 0.2) is 42.6 Å².